The molecule has 0 heterocycles. The van der Waals surface area contributed by atoms with Gasteiger partial charge in [0.25, 0.3) is 0 Å². The van der Waals surface area contributed by atoms with E-state index < -0.39 is 12.2 Å². The number of aliphatic hydroxyl groups excluding tert-OH is 2. The molecule has 2 heteroatoms. The van der Waals surface area contributed by atoms with E-state index in [0.717, 1.165) is 17.1 Å². The second-order valence-corrected chi connectivity index (χ2v) is 11.0. The molecule has 0 bridgehead atoms. The molecule has 0 spiro atoms. The molecule has 2 N–H and O–H groups in total. The van der Waals surface area contributed by atoms with Crippen LogP contribution in [0.5, 0.6) is 0 Å². The van der Waals surface area contributed by atoms with Crippen LogP contribution in [0.25, 0.3) is 0 Å². The van der Waals surface area contributed by atoms with Crippen molar-refractivity contribution in [2.24, 2.45) is 35.0 Å². The Hall–Kier alpha value is -1.12. The van der Waals surface area contributed by atoms with E-state index in [-0.39, 0.29) is 0 Å². The lowest BCUT2D eigenvalue weighted by Crippen LogP contribution is -2.35. The zero-order valence-corrected chi connectivity index (χ0v) is 19.9. The molecule has 3 fully saturated rings. The van der Waals surface area contributed by atoms with Gasteiger partial charge in [-0.25, -0.2) is 0 Å². The Balaban J connectivity index is 1.75. The van der Waals surface area contributed by atoms with E-state index in [1.807, 2.05) is 0 Å². The Bertz CT molecular complexity index is 712. The number of hydrogen-bond acceptors (Lipinski definition) is 2. The molecule has 168 valence electrons. The predicted octanol–water partition coefficient (Wildman–Crippen LogP) is 6.61. The van der Waals surface area contributed by atoms with Crippen LogP contribution in [0, 0.1) is 35.0 Å². The Morgan fingerprint density at radius 3 is 2.40 bits per heavy atom. The highest BCUT2D eigenvalue weighted by molar-refractivity contribution is 5.37. The molecule has 3 rings (SSSR count). The molecule has 3 aliphatic rings. The van der Waals surface area contributed by atoms with Crippen LogP contribution in [-0.4, -0.2) is 22.4 Å². The summed E-state index contributed by atoms with van der Waals surface area (Å²) in [7, 11) is 0. The van der Waals surface area contributed by atoms with Crippen molar-refractivity contribution in [2.45, 2.75) is 91.8 Å². The molecule has 0 saturated heterocycles. The van der Waals surface area contributed by atoms with Gasteiger partial charge in [0.15, 0.2) is 0 Å². The van der Waals surface area contributed by atoms with Crippen LogP contribution in [0.15, 0.2) is 47.6 Å². The van der Waals surface area contributed by atoms with Crippen LogP contribution in [0.3, 0.4) is 0 Å². The molecule has 0 unspecified atom stereocenters. The summed E-state index contributed by atoms with van der Waals surface area (Å²) in [4.78, 5) is 0. The number of rotatable bonds is 5. The molecule has 0 aliphatic heterocycles. The highest BCUT2D eigenvalue weighted by Crippen LogP contribution is 2.59. The molecule has 2 nitrogen and oxygen atoms in total. The summed E-state index contributed by atoms with van der Waals surface area (Å²) < 4.78 is 0. The van der Waals surface area contributed by atoms with Gasteiger partial charge in [0.1, 0.15) is 0 Å². The normalized spacial score (nSPS) is 39.8. The number of hydrogen-bond donors (Lipinski definition) is 2. The lowest BCUT2D eigenvalue weighted by atomic mass is 9.61. The fraction of sp³-hybridized carbons (Fsp3) is 0.714. The molecule has 0 aromatic rings. The summed E-state index contributed by atoms with van der Waals surface area (Å²) in [6, 6.07) is 0. The first-order chi connectivity index (χ1) is 14.1. The molecule has 0 aromatic carbocycles. The third-order valence-corrected chi connectivity index (χ3v) is 8.72. The van der Waals surface area contributed by atoms with Crippen LogP contribution >= 0.6 is 0 Å². The number of fused-ring (bicyclic) bond motifs is 1. The summed E-state index contributed by atoms with van der Waals surface area (Å²) in [5, 5.41) is 19.9. The Kier molecular flexibility index (Phi) is 7.51. The minimum atomic E-state index is -0.663. The predicted molar refractivity (Wildman–Crippen MR) is 127 cm³/mol. The van der Waals surface area contributed by atoms with Gasteiger partial charge in [0.05, 0.1) is 12.2 Å². The van der Waals surface area contributed by atoms with Gasteiger partial charge in [-0.05, 0) is 78.3 Å². The molecule has 3 saturated carbocycles. The average Bonchev–Trinajstić information content (AvgIpc) is 3.05. The minimum absolute atomic E-state index is 0.396. The molecule has 3 aliphatic carbocycles. The summed E-state index contributed by atoms with van der Waals surface area (Å²) >= 11 is 0. The first kappa shape index (κ1) is 23.5. The first-order valence-corrected chi connectivity index (χ1v) is 12.3. The quantitative estimate of drug-likeness (QED) is 0.499. The van der Waals surface area contributed by atoms with Gasteiger partial charge >= 0.3 is 0 Å². The topological polar surface area (TPSA) is 40.5 Å². The highest BCUT2D eigenvalue weighted by Gasteiger charge is 2.50. The number of aliphatic hydroxyl groups is 2. The van der Waals surface area contributed by atoms with Gasteiger partial charge in [0.2, 0.25) is 0 Å². The van der Waals surface area contributed by atoms with Crippen LogP contribution in [0.4, 0.5) is 0 Å². The van der Waals surface area contributed by atoms with Gasteiger partial charge in [-0.1, -0.05) is 71.1 Å². The van der Waals surface area contributed by atoms with Gasteiger partial charge in [-0.2, -0.15) is 0 Å². The van der Waals surface area contributed by atoms with Crippen molar-refractivity contribution in [1.29, 1.82) is 0 Å². The standard InChI is InChI=1S/C28H44O2/c1-18(2)19(3)9-10-20(4)24-13-14-25-22(8-7-15-28(24,25)6)11-12-23-17-27(30)26(29)16-21(23)5/h9-12,18-20,24-27,29-30H,5,7-8,13-17H2,1-4,6H3/b10-9+,22-11+,23-12-/t19-,20+,24+,25-,26+,27+,28+/m0/s1. The summed E-state index contributed by atoms with van der Waals surface area (Å²) in [6.07, 6.45) is 15.6. The van der Waals surface area contributed by atoms with Gasteiger partial charge in [-0.3, -0.25) is 0 Å². The van der Waals surface area contributed by atoms with Gasteiger partial charge < -0.3 is 10.2 Å². The molecular weight excluding hydrogens is 368 g/mol. The minimum Gasteiger partial charge on any atom is -0.390 e. The highest BCUT2D eigenvalue weighted by atomic mass is 16.3. The van der Waals surface area contributed by atoms with E-state index in [9.17, 15) is 10.2 Å². The largest absolute Gasteiger partial charge is 0.390 e. The van der Waals surface area contributed by atoms with Crippen molar-refractivity contribution in [1.82, 2.24) is 0 Å². The molecule has 0 amide bonds. The van der Waals surface area contributed by atoms with E-state index >= 15 is 0 Å². The fourth-order valence-corrected chi connectivity index (χ4v) is 6.27. The molecule has 0 radical (unpaired) electrons. The van der Waals surface area contributed by atoms with E-state index in [1.165, 1.54) is 32.1 Å². The van der Waals surface area contributed by atoms with Gasteiger partial charge in [0, 0.05) is 12.8 Å². The maximum absolute atomic E-state index is 10.1. The van der Waals surface area contributed by atoms with E-state index in [4.69, 9.17) is 0 Å². The summed E-state index contributed by atoms with van der Waals surface area (Å²) in [6.45, 7) is 16.0. The van der Waals surface area contributed by atoms with Crippen molar-refractivity contribution in [3.05, 3.63) is 47.6 Å². The zero-order chi connectivity index (χ0) is 22.1. The van der Waals surface area contributed by atoms with Crippen LogP contribution in [-0.2, 0) is 0 Å². The molecular formula is C28H44O2. The van der Waals surface area contributed by atoms with Crippen molar-refractivity contribution in [3.63, 3.8) is 0 Å². The first-order valence-electron chi connectivity index (χ1n) is 12.3. The second kappa shape index (κ2) is 9.57. The second-order valence-electron chi connectivity index (χ2n) is 11.0. The Morgan fingerprint density at radius 2 is 1.70 bits per heavy atom. The SMILES string of the molecule is C=C1C[C@@H](O)[C@H](O)C/C1=C/C=C1\CCC[C@]2(C)[C@@H]([C@H](C)/C=C/[C@H](C)C(C)C)CC[C@@H]12. The van der Waals surface area contributed by atoms with Crippen LogP contribution < -0.4 is 0 Å². The van der Waals surface area contributed by atoms with Crippen LogP contribution in [0.1, 0.15) is 79.6 Å². The number of allylic oxidation sites excluding steroid dienone is 5. The Morgan fingerprint density at radius 1 is 1.00 bits per heavy atom. The van der Waals surface area contributed by atoms with E-state index in [1.54, 1.807) is 5.57 Å². The van der Waals surface area contributed by atoms with Crippen molar-refractivity contribution in [2.75, 3.05) is 0 Å². The molecule has 7 atom stereocenters. The monoisotopic (exact) mass is 412 g/mol. The molecule has 30 heavy (non-hydrogen) atoms. The van der Waals surface area contributed by atoms with Crippen molar-refractivity contribution < 1.29 is 10.2 Å². The van der Waals surface area contributed by atoms with Gasteiger partial charge in [-0.15, -0.1) is 0 Å². The van der Waals surface area contributed by atoms with E-state index in [2.05, 4.69) is 65.5 Å². The van der Waals surface area contributed by atoms with Crippen LogP contribution in [0.2, 0.25) is 0 Å². The Labute approximate surface area is 184 Å². The summed E-state index contributed by atoms with van der Waals surface area (Å²) in [5.74, 6) is 3.42. The van der Waals surface area contributed by atoms with Crippen molar-refractivity contribution in [3.8, 4) is 0 Å². The smallest absolute Gasteiger partial charge is 0.0842 e. The van der Waals surface area contributed by atoms with E-state index in [0.29, 0.717) is 41.9 Å². The fourth-order valence-electron chi connectivity index (χ4n) is 6.27. The summed E-state index contributed by atoms with van der Waals surface area (Å²) in [5.41, 5.74) is 4.08. The third kappa shape index (κ3) is 4.86. The van der Waals surface area contributed by atoms with Crippen molar-refractivity contribution >= 4 is 0 Å². The maximum atomic E-state index is 10.1. The lowest BCUT2D eigenvalue weighted by molar-refractivity contribution is 0.0138. The molecule has 0 aromatic heterocycles. The third-order valence-electron chi connectivity index (χ3n) is 8.72. The zero-order valence-electron chi connectivity index (χ0n) is 19.9. The maximum Gasteiger partial charge on any atom is 0.0842 e. The lowest BCUT2D eigenvalue weighted by Gasteiger charge is -2.44. The average molecular weight is 413 g/mol.